The highest BCUT2D eigenvalue weighted by molar-refractivity contribution is 6.32. The van der Waals surface area contributed by atoms with Crippen molar-refractivity contribution in [3.8, 4) is 11.5 Å². The summed E-state index contributed by atoms with van der Waals surface area (Å²) in [5, 5.41) is 9.94. The topological polar surface area (TPSA) is 64.7 Å². The maximum atomic E-state index is 9.36. The number of nitrogens with two attached hydrogens (primary N) is 1. The van der Waals surface area contributed by atoms with E-state index in [4.69, 9.17) is 26.8 Å². The second kappa shape index (κ2) is 9.13. The number of benzene rings is 1. The monoisotopic (exact) mass is 315 g/mol. The Morgan fingerprint density at radius 3 is 2.33 bits per heavy atom. The molecule has 0 saturated heterocycles. The number of rotatable bonds is 9. The fraction of sp³-hybridized carbons (Fsp3) is 0.625. The first kappa shape index (κ1) is 18.1. The summed E-state index contributed by atoms with van der Waals surface area (Å²) in [6.45, 7) is 7.63. The predicted molar refractivity (Wildman–Crippen MR) is 86.3 cm³/mol. The van der Waals surface area contributed by atoms with Crippen molar-refractivity contribution in [2.24, 2.45) is 17.6 Å². The molecule has 2 unspecified atom stereocenters. The van der Waals surface area contributed by atoms with Gasteiger partial charge in [-0.05, 0) is 50.3 Å². The number of aliphatic hydroxyl groups is 1. The first-order valence-corrected chi connectivity index (χ1v) is 7.83. The molecule has 1 rings (SSSR count). The van der Waals surface area contributed by atoms with E-state index in [1.807, 2.05) is 26.0 Å². The molecule has 0 radical (unpaired) electrons. The van der Waals surface area contributed by atoms with E-state index in [9.17, 15) is 5.11 Å². The van der Waals surface area contributed by atoms with Gasteiger partial charge in [0.05, 0.1) is 18.2 Å². The van der Waals surface area contributed by atoms with Crippen molar-refractivity contribution in [3.63, 3.8) is 0 Å². The van der Waals surface area contributed by atoms with Gasteiger partial charge in [0, 0.05) is 12.7 Å². The molecule has 0 aromatic heterocycles. The number of aliphatic hydroxyl groups excluding tert-OH is 1. The highest BCUT2D eigenvalue weighted by Crippen LogP contribution is 2.35. The molecule has 1 aromatic rings. The van der Waals surface area contributed by atoms with E-state index in [2.05, 4.69) is 6.92 Å². The standard InChI is InChI=1S/C16H26ClNO3/c1-4-20-15-8-16(21-5-2)14(17)7-12(15)6-11(3)13(9-18)10-19/h7-8,11,13,19H,4-6,9-10,18H2,1-3H3. The van der Waals surface area contributed by atoms with Crippen LogP contribution in [-0.2, 0) is 6.42 Å². The van der Waals surface area contributed by atoms with E-state index in [1.165, 1.54) is 0 Å². The van der Waals surface area contributed by atoms with Crippen LogP contribution in [0, 0.1) is 11.8 Å². The highest BCUT2D eigenvalue weighted by atomic mass is 35.5. The average Bonchev–Trinajstić information content (AvgIpc) is 2.45. The molecule has 0 amide bonds. The summed E-state index contributed by atoms with van der Waals surface area (Å²) in [5.41, 5.74) is 6.71. The molecule has 0 bridgehead atoms. The molecule has 0 aliphatic heterocycles. The molecular formula is C16H26ClNO3. The van der Waals surface area contributed by atoms with Gasteiger partial charge < -0.3 is 20.3 Å². The van der Waals surface area contributed by atoms with E-state index in [0.29, 0.717) is 30.5 Å². The van der Waals surface area contributed by atoms with Crippen LogP contribution in [0.15, 0.2) is 12.1 Å². The van der Waals surface area contributed by atoms with Crippen LogP contribution in [0.4, 0.5) is 0 Å². The Morgan fingerprint density at radius 1 is 1.19 bits per heavy atom. The second-order valence-electron chi connectivity index (χ2n) is 5.12. The quantitative estimate of drug-likeness (QED) is 0.735. The zero-order valence-electron chi connectivity index (χ0n) is 13.1. The van der Waals surface area contributed by atoms with Crippen LogP contribution in [-0.4, -0.2) is 31.5 Å². The minimum atomic E-state index is 0.0739. The van der Waals surface area contributed by atoms with Gasteiger partial charge in [-0.2, -0.15) is 0 Å². The molecule has 0 aliphatic rings. The summed E-state index contributed by atoms with van der Waals surface area (Å²) in [6.07, 6.45) is 0.754. The van der Waals surface area contributed by atoms with Crippen molar-refractivity contribution >= 4 is 11.6 Å². The minimum Gasteiger partial charge on any atom is -0.493 e. The summed E-state index contributed by atoms with van der Waals surface area (Å²) in [4.78, 5) is 0. The molecule has 0 spiro atoms. The lowest BCUT2D eigenvalue weighted by molar-refractivity contribution is 0.186. The van der Waals surface area contributed by atoms with Crippen molar-refractivity contribution < 1.29 is 14.6 Å². The third-order valence-electron chi connectivity index (χ3n) is 3.60. The highest BCUT2D eigenvalue weighted by Gasteiger charge is 2.19. The lowest BCUT2D eigenvalue weighted by Gasteiger charge is -2.22. The first-order chi connectivity index (χ1) is 10.1. The fourth-order valence-electron chi connectivity index (χ4n) is 2.29. The normalized spacial score (nSPS) is 13.8. The lowest BCUT2D eigenvalue weighted by atomic mass is 9.88. The molecule has 0 aliphatic carbocycles. The van der Waals surface area contributed by atoms with Crippen LogP contribution in [0.2, 0.25) is 5.02 Å². The molecular weight excluding hydrogens is 290 g/mol. The largest absolute Gasteiger partial charge is 0.493 e. The number of ether oxygens (including phenoxy) is 2. The van der Waals surface area contributed by atoms with Gasteiger partial charge in [0.15, 0.2) is 0 Å². The van der Waals surface area contributed by atoms with Gasteiger partial charge in [-0.3, -0.25) is 0 Å². The van der Waals surface area contributed by atoms with Gasteiger partial charge in [-0.1, -0.05) is 18.5 Å². The van der Waals surface area contributed by atoms with Crippen molar-refractivity contribution in [1.82, 2.24) is 0 Å². The number of hydrogen-bond acceptors (Lipinski definition) is 4. The Balaban J connectivity index is 3.01. The molecule has 120 valence electrons. The van der Waals surface area contributed by atoms with Gasteiger partial charge in [-0.25, -0.2) is 0 Å². The summed E-state index contributed by atoms with van der Waals surface area (Å²) in [5.74, 6) is 1.74. The van der Waals surface area contributed by atoms with Gasteiger partial charge in [-0.15, -0.1) is 0 Å². The molecule has 1 aromatic carbocycles. The Morgan fingerprint density at radius 2 is 1.81 bits per heavy atom. The summed E-state index contributed by atoms with van der Waals surface area (Å²) in [6, 6.07) is 3.73. The summed E-state index contributed by atoms with van der Waals surface area (Å²) >= 11 is 6.26. The molecule has 4 nitrogen and oxygen atoms in total. The van der Waals surface area contributed by atoms with Crippen molar-refractivity contribution in [3.05, 3.63) is 22.7 Å². The Bertz CT molecular complexity index is 436. The fourth-order valence-corrected chi connectivity index (χ4v) is 2.53. The van der Waals surface area contributed by atoms with E-state index < -0.39 is 0 Å². The molecule has 5 heteroatoms. The smallest absolute Gasteiger partial charge is 0.141 e. The molecule has 2 atom stereocenters. The second-order valence-corrected chi connectivity index (χ2v) is 5.52. The first-order valence-electron chi connectivity index (χ1n) is 7.46. The van der Waals surface area contributed by atoms with Gasteiger partial charge >= 0.3 is 0 Å². The zero-order valence-corrected chi connectivity index (χ0v) is 13.8. The number of hydrogen-bond donors (Lipinski definition) is 2. The van der Waals surface area contributed by atoms with Gasteiger partial charge in [0.25, 0.3) is 0 Å². The van der Waals surface area contributed by atoms with E-state index in [1.54, 1.807) is 0 Å². The van der Waals surface area contributed by atoms with Crippen molar-refractivity contribution in [2.45, 2.75) is 27.2 Å². The Hall–Kier alpha value is -0.970. The summed E-state index contributed by atoms with van der Waals surface area (Å²) in [7, 11) is 0. The molecule has 3 N–H and O–H groups in total. The van der Waals surface area contributed by atoms with E-state index >= 15 is 0 Å². The lowest BCUT2D eigenvalue weighted by Crippen LogP contribution is -2.26. The molecule has 0 fully saturated rings. The average molecular weight is 316 g/mol. The van der Waals surface area contributed by atoms with Gasteiger partial charge in [0.2, 0.25) is 0 Å². The van der Waals surface area contributed by atoms with E-state index in [-0.39, 0.29) is 18.4 Å². The maximum Gasteiger partial charge on any atom is 0.141 e. The van der Waals surface area contributed by atoms with Crippen molar-refractivity contribution in [2.75, 3.05) is 26.4 Å². The molecule has 0 saturated carbocycles. The zero-order chi connectivity index (χ0) is 15.8. The van der Waals surface area contributed by atoms with Gasteiger partial charge in [0.1, 0.15) is 11.5 Å². The van der Waals surface area contributed by atoms with E-state index in [0.717, 1.165) is 17.7 Å². The molecule has 0 heterocycles. The van der Waals surface area contributed by atoms with Crippen LogP contribution in [0.25, 0.3) is 0 Å². The van der Waals surface area contributed by atoms with Crippen molar-refractivity contribution in [1.29, 1.82) is 0 Å². The van der Waals surface area contributed by atoms with Crippen LogP contribution in [0.5, 0.6) is 11.5 Å². The Labute approximate surface area is 132 Å². The van der Waals surface area contributed by atoms with Crippen LogP contribution in [0.3, 0.4) is 0 Å². The van der Waals surface area contributed by atoms with Crippen LogP contribution >= 0.6 is 11.6 Å². The molecule has 21 heavy (non-hydrogen) atoms. The predicted octanol–water partition coefficient (Wildman–Crippen LogP) is 2.88. The maximum absolute atomic E-state index is 9.36. The van der Waals surface area contributed by atoms with Crippen LogP contribution < -0.4 is 15.2 Å². The number of halogens is 1. The third kappa shape index (κ3) is 5.06. The Kier molecular flexibility index (Phi) is 7.86. The minimum absolute atomic E-state index is 0.0739. The third-order valence-corrected chi connectivity index (χ3v) is 3.89. The van der Waals surface area contributed by atoms with Crippen LogP contribution in [0.1, 0.15) is 26.3 Å². The summed E-state index contributed by atoms with van der Waals surface area (Å²) < 4.78 is 11.2. The SMILES string of the molecule is CCOc1cc(OCC)c(CC(C)C(CN)CO)cc1Cl.